The van der Waals surface area contributed by atoms with E-state index in [1.165, 1.54) is 12.1 Å². The highest BCUT2D eigenvalue weighted by atomic mass is 32.2. The fraction of sp³-hybridized carbons (Fsp3) is 0.308. The predicted molar refractivity (Wildman–Crippen MR) is 87.2 cm³/mol. The lowest BCUT2D eigenvalue weighted by Crippen LogP contribution is -2.28. The van der Waals surface area contributed by atoms with Gasteiger partial charge in [-0.05, 0) is 41.0 Å². The van der Waals surface area contributed by atoms with Crippen LogP contribution in [0.4, 0.5) is 15.9 Å². The van der Waals surface area contributed by atoms with Gasteiger partial charge in [0.15, 0.2) is 11.5 Å². The lowest BCUT2D eigenvalue weighted by Gasteiger charge is -2.08. The number of hydrogen-bond donors (Lipinski definition) is 4. The molecule has 11 heteroatoms. The van der Waals surface area contributed by atoms with Crippen LogP contribution in [0.2, 0.25) is 0 Å². The zero-order valence-electron chi connectivity index (χ0n) is 13.1. The number of amidine groups is 1. The van der Waals surface area contributed by atoms with Gasteiger partial charge in [0, 0.05) is 18.8 Å². The molecule has 2 aromatic rings. The summed E-state index contributed by atoms with van der Waals surface area (Å²) >= 11 is 0. The maximum Gasteiger partial charge on any atom is 0.208 e. The largest absolute Gasteiger partial charge is 0.364 e. The molecular formula is C13H17FN6O3S. The molecule has 0 spiro atoms. The van der Waals surface area contributed by atoms with Crippen molar-refractivity contribution in [1.29, 1.82) is 5.41 Å². The number of aryl methyl sites for hydroxylation is 1. The third-order valence-corrected chi connectivity index (χ3v) is 3.66. The van der Waals surface area contributed by atoms with E-state index in [1.54, 1.807) is 13.0 Å². The third-order valence-electron chi connectivity index (χ3n) is 2.93. The summed E-state index contributed by atoms with van der Waals surface area (Å²) in [5.41, 5.74) is 1.08. The Hall–Kier alpha value is -2.53. The average molecular weight is 356 g/mol. The van der Waals surface area contributed by atoms with Gasteiger partial charge < -0.3 is 10.6 Å². The lowest BCUT2D eigenvalue weighted by atomic mass is 10.2. The molecule has 0 amide bonds. The van der Waals surface area contributed by atoms with Gasteiger partial charge in [-0.3, -0.25) is 5.41 Å². The molecule has 0 bridgehead atoms. The van der Waals surface area contributed by atoms with E-state index >= 15 is 0 Å². The van der Waals surface area contributed by atoms with E-state index in [4.69, 9.17) is 5.41 Å². The molecule has 0 saturated carbocycles. The first-order valence-corrected chi connectivity index (χ1v) is 8.78. The van der Waals surface area contributed by atoms with Gasteiger partial charge in [-0.15, -0.1) is 0 Å². The highest BCUT2D eigenvalue weighted by Crippen LogP contribution is 2.16. The smallest absolute Gasteiger partial charge is 0.208 e. The molecule has 0 aliphatic rings. The number of rotatable bonds is 7. The maximum atomic E-state index is 13.3. The van der Waals surface area contributed by atoms with Crippen molar-refractivity contribution in [1.82, 2.24) is 15.0 Å². The second-order valence-corrected chi connectivity index (χ2v) is 6.85. The molecule has 130 valence electrons. The van der Waals surface area contributed by atoms with Crippen LogP contribution >= 0.6 is 0 Å². The van der Waals surface area contributed by atoms with Crippen molar-refractivity contribution in [2.45, 2.75) is 6.92 Å². The second kappa shape index (κ2) is 7.36. The minimum absolute atomic E-state index is 0.0965. The average Bonchev–Trinajstić information content (AvgIpc) is 2.95. The molecule has 0 fully saturated rings. The van der Waals surface area contributed by atoms with Crippen LogP contribution < -0.4 is 15.4 Å². The van der Waals surface area contributed by atoms with E-state index in [0.29, 0.717) is 11.3 Å². The molecule has 0 radical (unpaired) electrons. The monoisotopic (exact) mass is 356 g/mol. The second-order valence-electron chi connectivity index (χ2n) is 5.02. The Bertz CT molecular complexity index is 836. The number of nitrogens with one attached hydrogen (secondary N) is 4. The Morgan fingerprint density at radius 2 is 2.08 bits per heavy atom. The molecule has 1 heterocycles. The van der Waals surface area contributed by atoms with Crippen LogP contribution in [0.25, 0.3) is 0 Å². The fourth-order valence-corrected chi connectivity index (χ4v) is 2.28. The zero-order valence-corrected chi connectivity index (χ0v) is 13.9. The summed E-state index contributed by atoms with van der Waals surface area (Å²) in [5.74, 6) is -0.238. The van der Waals surface area contributed by atoms with Crippen molar-refractivity contribution in [2.75, 3.05) is 30.0 Å². The van der Waals surface area contributed by atoms with E-state index in [9.17, 15) is 12.8 Å². The number of aromatic nitrogens is 2. The van der Waals surface area contributed by atoms with E-state index in [2.05, 4.69) is 30.3 Å². The number of halogens is 1. The quantitative estimate of drug-likeness (QED) is 0.329. The van der Waals surface area contributed by atoms with Crippen molar-refractivity contribution in [3.63, 3.8) is 0 Å². The van der Waals surface area contributed by atoms with Gasteiger partial charge in [-0.25, -0.2) is 22.2 Å². The van der Waals surface area contributed by atoms with Gasteiger partial charge in [0.05, 0.1) is 6.26 Å². The molecule has 1 aromatic heterocycles. The normalized spacial score (nSPS) is 11.3. The molecule has 24 heavy (non-hydrogen) atoms. The summed E-state index contributed by atoms with van der Waals surface area (Å²) in [6.07, 6.45) is 1.06. The Kier molecular flexibility index (Phi) is 5.46. The summed E-state index contributed by atoms with van der Waals surface area (Å²) in [5, 5.41) is 20.9. The van der Waals surface area contributed by atoms with Gasteiger partial charge in [0.2, 0.25) is 15.8 Å². The summed E-state index contributed by atoms with van der Waals surface area (Å²) < 4.78 is 42.1. The van der Waals surface area contributed by atoms with E-state index in [-0.39, 0.29) is 36.3 Å². The van der Waals surface area contributed by atoms with E-state index < -0.39 is 10.0 Å². The van der Waals surface area contributed by atoms with Crippen molar-refractivity contribution < 1.29 is 17.4 Å². The molecule has 2 rings (SSSR count). The van der Waals surface area contributed by atoms with Crippen LogP contribution in [0, 0.1) is 18.2 Å². The number of nitrogens with zero attached hydrogens (tertiary/aromatic N) is 2. The molecule has 9 nitrogen and oxygen atoms in total. The van der Waals surface area contributed by atoms with Crippen LogP contribution in [0.5, 0.6) is 0 Å². The minimum Gasteiger partial charge on any atom is -0.364 e. The summed E-state index contributed by atoms with van der Waals surface area (Å²) in [6, 6.07) is 4.34. The van der Waals surface area contributed by atoms with Gasteiger partial charge in [-0.1, -0.05) is 0 Å². The third kappa shape index (κ3) is 4.99. The molecule has 0 aliphatic heterocycles. The molecule has 0 atom stereocenters. The van der Waals surface area contributed by atoms with Crippen molar-refractivity contribution >= 4 is 27.4 Å². The van der Waals surface area contributed by atoms with Crippen molar-refractivity contribution in [3.8, 4) is 0 Å². The fourth-order valence-electron chi connectivity index (χ4n) is 1.81. The Labute approximate surface area is 138 Å². The van der Waals surface area contributed by atoms with Crippen molar-refractivity contribution in [3.05, 3.63) is 35.3 Å². The molecule has 0 aliphatic carbocycles. The highest BCUT2D eigenvalue weighted by Gasteiger charge is 2.15. The summed E-state index contributed by atoms with van der Waals surface area (Å²) in [6.45, 7) is 1.99. The first-order valence-electron chi connectivity index (χ1n) is 6.89. The van der Waals surface area contributed by atoms with Gasteiger partial charge in [-0.2, -0.15) is 0 Å². The van der Waals surface area contributed by atoms with E-state index in [0.717, 1.165) is 6.26 Å². The van der Waals surface area contributed by atoms with Gasteiger partial charge >= 0.3 is 0 Å². The maximum absolute atomic E-state index is 13.3. The molecule has 0 saturated heterocycles. The first-order chi connectivity index (χ1) is 11.3. The Morgan fingerprint density at radius 1 is 1.33 bits per heavy atom. The van der Waals surface area contributed by atoms with Crippen LogP contribution in [0.1, 0.15) is 11.3 Å². The SMILES string of the molecule is Cc1cc(NC(=N)c2nonc2NCCNS(C)(=O)=O)ccc1F. The van der Waals surface area contributed by atoms with Gasteiger partial charge in [0.25, 0.3) is 0 Å². The first kappa shape index (κ1) is 17.8. The highest BCUT2D eigenvalue weighted by molar-refractivity contribution is 7.88. The van der Waals surface area contributed by atoms with Crippen LogP contribution in [-0.2, 0) is 10.0 Å². The van der Waals surface area contributed by atoms with Crippen LogP contribution in [-0.4, -0.2) is 43.9 Å². The minimum atomic E-state index is -3.27. The lowest BCUT2D eigenvalue weighted by molar-refractivity contribution is 0.308. The predicted octanol–water partition coefficient (Wildman–Crippen LogP) is 0.916. The van der Waals surface area contributed by atoms with Crippen molar-refractivity contribution in [2.24, 2.45) is 0 Å². The molecule has 1 aromatic carbocycles. The topological polar surface area (TPSA) is 133 Å². The number of hydrogen-bond acceptors (Lipinski definition) is 7. The standard InChI is InChI=1S/C13H17FN6O3S/c1-8-7-9(3-4-10(8)14)18-12(15)11-13(20-23-19-11)16-5-6-17-24(2,21)22/h3-4,7,17H,5-6H2,1-2H3,(H2,15,18)(H,16,20). The Morgan fingerprint density at radius 3 is 2.75 bits per heavy atom. The molecule has 4 N–H and O–H groups in total. The van der Waals surface area contributed by atoms with Gasteiger partial charge in [0.1, 0.15) is 5.82 Å². The number of anilines is 2. The van der Waals surface area contributed by atoms with Crippen LogP contribution in [0.3, 0.4) is 0 Å². The van der Waals surface area contributed by atoms with E-state index in [1.807, 2.05) is 0 Å². The zero-order chi connectivity index (χ0) is 17.7. The summed E-state index contributed by atoms with van der Waals surface area (Å²) in [7, 11) is -3.27. The number of sulfonamides is 1. The molecular weight excluding hydrogens is 339 g/mol. The van der Waals surface area contributed by atoms with Crippen LogP contribution in [0.15, 0.2) is 22.8 Å². The number of benzene rings is 1. The Balaban J connectivity index is 1.98. The molecule has 0 unspecified atom stereocenters. The summed E-state index contributed by atoms with van der Waals surface area (Å²) in [4.78, 5) is 0.